The fraction of sp³-hybridized carbons (Fsp3) is 0.615. The second kappa shape index (κ2) is 6.81. The maximum atomic E-state index is 12.1. The SMILES string of the molecule is CN(CC1CCCC1)C(=O)c1coc(CN)c1.Cl. The summed E-state index contributed by atoms with van der Waals surface area (Å²) in [5.74, 6) is 1.35. The maximum absolute atomic E-state index is 12.1. The summed E-state index contributed by atoms with van der Waals surface area (Å²) in [5, 5.41) is 0. The summed E-state index contributed by atoms with van der Waals surface area (Å²) in [6, 6.07) is 1.73. The lowest BCUT2D eigenvalue weighted by atomic mass is 10.1. The summed E-state index contributed by atoms with van der Waals surface area (Å²) in [6.07, 6.45) is 6.59. The van der Waals surface area contributed by atoms with Crippen molar-refractivity contribution in [3.8, 4) is 0 Å². The molecule has 4 nitrogen and oxygen atoms in total. The van der Waals surface area contributed by atoms with Crippen LogP contribution in [-0.4, -0.2) is 24.4 Å². The van der Waals surface area contributed by atoms with Crippen LogP contribution in [0.2, 0.25) is 0 Å². The topological polar surface area (TPSA) is 59.5 Å². The van der Waals surface area contributed by atoms with Gasteiger partial charge >= 0.3 is 0 Å². The second-order valence-electron chi connectivity index (χ2n) is 4.84. The molecule has 1 aliphatic rings. The predicted molar refractivity (Wildman–Crippen MR) is 72.8 cm³/mol. The van der Waals surface area contributed by atoms with E-state index in [1.807, 2.05) is 7.05 Å². The molecule has 2 rings (SSSR count). The van der Waals surface area contributed by atoms with Crippen molar-refractivity contribution in [1.29, 1.82) is 0 Å². The van der Waals surface area contributed by atoms with E-state index in [1.54, 1.807) is 11.0 Å². The van der Waals surface area contributed by atoms with Crippen LogP contribution in [0, 0.1) is 5.92 Å². The quantitative estimate of drug-likeness (QED) is 0.916. The molecular weight excluding hydrogens is 252 g/mol. The number of hydrogen-bond donors (Lipinski definition) is 1. The van der Waals surface area contributed by atoms with Gasteiger partial charge in [0.1, 0.15) is 12.0 Å². The van der Waals surface area contributed by atoms with Gasteiger partial charge in [-0.25, -0.2) is 0 Å². The van der Waals surface area contributed by atoms with Crippen LogP contribution in [0.3, 0.4) is 0 Å². The summed E-state index contributed by atoms with van der Waals surface area (Å²) in [6.45, 7) is 1.18. The number of hydrogen-bond acceptors (Lipinski definition) is 3. The van der Waals surface area contributed by atoms with Gasteiger partial charge in [0.2, 0.25) is 0 Å². The molecule has 1 aliphatic carbocycles. The Bertz CT molecular complexity index is 386. The smallest absolute Gasteiger partial charge is 0.256 e. The molecule has 1 amide bonds. The van der Waals surface area contributed by atoms with Crippen molar-refractivity contribution in [3.63, 3.8) is 0 Å². The van der Waals surface area contributed by atoms with E-state index in [2.05, 4.69) is 0 Å². The van der Waals surface area contributed by atoms with Gasteiger partial charge in [0.25, 0.3) is 5.91 Å². The Morgan fingerprint density at radius 1 is 1.50 bits per heavy atom. The molecular formula is C13H21ClN2O2. The second-order valence-corrected chi connectivity index (χ2v) is 4.84. The van der Waals surface area contributed by atoms with Crippen molar-refractivity contribution in [2.24, 2.45) is 11.7 Å². The molecule has 0 unspecified atom stereocenters. The Morgan fingerprint density at radius 2 is 2.17 bits per heavy atom. The van der Waals surface area contributed by atoms with E-state index in [1.165, 1.54) is 31.9 Å². The largest absolute Gasteiger partial charge is 0.467 e. The van der Waals surface area contributed by atoms with Gasteiger partial charge < -0.3 is 15.1 Å². The number of carbonyl (C=O) groups is 1. The molecule has 18 heavy (non-hydrogen) atoms. The van der Waals surface area contributed by atoms with Crippen LogP contribution in [0.5, 0.6) is 0 Å². The van der Waals surface area contributed by atoms with Crippen LogP contribution in [0.15, 0.2) is 16.7 Å². The molecule has 1 aromatic rings. The minimum Gasteiger partial charge on any atom is -0.467 e. The number of amides is 1. The molecule has 0 atom stereocenters. The van der Waals surface area contributed by atoms with Crippen LogP contribution in [0.4, 0.5) is 0 Å². The van der Waals surface area contributed by atoms with Crippen LogP contribution in [0.25, 0.3) is 0 Å². The minimum absolute atomic E-state index is 0. The minimum atomic E-state index is 0. The fourth-order valence-electron chi connectivity index (χ4n) is 2.48. The van der Waals surface area contributed by atoms with Crippen LogP contribution in [0.1, 0.15) is 41.8 Å². The molecule has 0 aromatic carbocycles. The molecule has 1 saturated carbocycles. The molecule has 102 valence electrons. The Kier molecular flexibility index (Phi) is 5.69. The number of rotatable bonds is 4. The molecule has 0 aliphatic heterocycles. The lowest BCUT2D eigenvalue weighted by molar-refractivity contribution is 0.0772. The first-order chi connectivity index (χ1) is 8.20. The zero-order valence-electron chi connectivity index (χ0n) is 10.7. The summed E-state index contributed by atoms with van der Waals surface area (Å²) in [7, 11) is 1.86. The highest BCUT2D eigenvalue weighted by atomic mass is 35.5. The summed E-state index contributed by atoms with van der Waals surface area (Å²) < 4.78 is 5.18. The third-order valence-corrected chi connectivity index (χ3v) is 3.46. The predicted octanol–water partition coefficient (Wildman–Crippen LogP) is 2.42. The van der Waals surface area contributed by atoms with Crippen LogP contribution in [-0.2, 0) is 6.54 Å². The van der Waals surface area contributed by atoms with E-state index >= 15 is 0 Å². The van der Waals surface area contributed by atoms with Crippen molar-refractivity contribution in [2.45, 2.75) is 32.2 Å². The first-order valence-corrected chi connectivity index (χ1v) is 6.23. The molecule has 0 spiro atoms. The van der Waals surface area contributed by atoms with E-state index < -0.39 is 0 Å². The van der Waals surface area contributed by atoms with Crippen molar-refractivity contribution < 1.29 is 9.21 Å². The van der Waals surface area contributed by atoms with Crippen molar-refractivity contribution >= 4 is 18.3 Å². The van der Waals surface area contributed by atoms with Gasteiger partial charge in [-0.1, -0.05) is 12.8 Å². The standard InChI is InChI=1S/C13H20N2O2.ClH/c1-15(8-10-4-2-3-5-10)13(16)11-6-12(7-14)17-9-11;/h6,9-10H,2-5,7-8,14H2,1H3;1H. The number of nitrogens with two attached hydrogens (primary N) is 1. The summed E-state index contributed by atoms with van der Waals surface area (Å²) in [5.41, 5.74) is 6.06. The van der Waals surface area contributed by atoms with Gasteiger partial charge in [-0.15, -0.1) is 12.4 Å². The highest BCUT2D eigenvalue weighted by molar-refractivity contribution is 5.93. The van der Waals surface area contributed by atoms with Gasteiger partial charge in [0.15, 0.2) is 0 Å². The van der Waals surface area contributed by atoms with Crippen molar-refractivity contribution in [3.05, 3.63) is 23.7 Å². The van der Waals surface area contributed by atoms with E-state index in [9.17, 15) is 4.79 Å². The maximum Gasteiger partial charge on any atom is 0.256 e. The summed E-state index contributed by atoms with van der Waals surface area (Å²) >= 11 is 0. The van der Waals surface area contributed by atoms with Gasteiger partial charge in [0.05, 0.1) is 12.1 Å². The van der Waals surface area contributed by atoms with Gasteiger partial charge in [-0.2, -0.15) is 0 Å². The Balaban J connectivity index is 0.00000162. The molecule has 0 saturated heterocycles. The fourth-order valence-corrected chi connectivity index (χ4v) is 2.48. The monoisotopic (exact) mass is 272 g/mol. The molecule has 2 N–H and O–H groups in total. The normalized spacial score (nSPS) is 15.4. The van der Waals surface area contributed by atoms with Gasteiger partial charge in [-0.3, -0.25) is 4.79 Å². The Labute approximate surface area is 114 Å². The molecule has 0 bridgehead atoms. The Hall–Kier alpha value is -1.00. The van der Waals surface area contributed by atoms with E-state index in [4.69, 9.17) is 10.2 Å². The van der Waals surface area contributed by atoms with Crippen LogP contribution >= 0.6 is 12.4 Å². The average Bonchev–Trinajstić information content (AvgIpc) is 2.98. The van der Waals surface area contributed by atoms with Gasteiger partial charge in [-0.05, 0) is 24.8 Å². The van der Waals surface area contributed by atoms with Crippen molar-refractivity contribution in [1.82, 2.24) is 4.90 Å². The van der Waals surface area contributed by atoms with Crippen LogP contribution < -0.4 is 5.73 Å². The lowest BCUT2D eigenvalue weighted by Gasteiger charge is -2.20. The molecule has 1 fully saturated rings. The lowest BCUT2D eigenvalue weighted by Crippen LogP contribution is -2.30. The van der Waals surface area contributed by atoms with Crippen molar-refractivity contribution in [2.75, 3.05) is 13.6 Å². The highest BCUT2D eigenvalue weighted by Crippen LogP contribution is 2.25. The van der Waals surface area contributed by atoms with E-state index in [-0.39, 0.29) is 18.3 Å². The highest BCUT2D eigenvalue weighted by Gasteiger charge is 2.21. The zero-order chi connectivity index (χ0) is 12.3. The summed E-state index contributed by atoms with van der Waals surface area (Å²) in [4.78, 5) is 13.9. The number of halogens is 1. The molecule has 1 aromatic heterocycles. The first kappa shape index (κ1) is 15.1. The van der Waals surface area contributed by atoms with E-state index in [0.29, 0.717) is 23.8 Å². The van der Waals surface area contributed by atoms with E-state index in [0.717, 1.165) is 6.54 Å². The number of carbonyl (C=O) groups excluding carboxylic acids is 1. The average molecular weight is 273 g/mol. The number of nitrogens with zero attached hydrogens (tertiary/aromatic N) is 1. The first-order valence-electron chi connectivity index (χ1n) is 6.23. The number of furan rings is 1. The zero-order valence-corrected chi connectivity index (χ0v) is 11.5. The Morgan fingerprint density at radius 3 is 2.72 bits per heavy atom. The molecule has 5 heteroatoms. The molecule has 0 radical (unpaired) electrons. The molecule has 1 heterocycles. The third-order valence-electron chi connectivity index (χ3n) is 3.46. The van der Waals surface area contributed by atoms with Gasteiger partial charge in [0, 0.05) is 13.6 Å². The third kappa shape index (κ3) is 3.50.